The molecule has 6 heteroatoms. The third-order valence-corrected chi connectivity index (χ3v) is 3.68. The fraction of sp³-hybridized carbons (Fsp3) is 0.467. The van der Waals surface area contributed by atoms with Crippen LogP contribution in [0.25, 0.3) is 0 Å². The van der Waals surface area contributed by atoms with E-state index in [0.717, 1.165) is 38.5 Å². The summed E-state index contributed by atoms with van der Waals surface area (Å²) >= 11 is 0. The van der Waals surface area contributed by atoms with E-state index in [1.54, 1.807) is 18.7 Å². The highest BCUT2D eigenvalue weighted by Crippen LogP contribution is 2.13. The molecular formula is C15H20N6. The van der Waals surface area contributed by atoms with Crippen LogP contribution in [0.15, 0.2) is 31.0 Å². The summed E-state index contributed by atoms with van der Waals surface area (Å²) in [5, 5.41) is 3.26. The van der Waals surface area contributed by atoms with E-state index in [-0.39, 0.29) is 0 Å². The van der Waals surface area contributed by atoms with Gasteiger partial charge < -0.3 is 10.2 Å². The lowest BCUT2D eigenvalue weighted by molar-refractivity contribution is 0.625. The topological polar surface area (TPSA) is 66.8 Å². The van der Waals surface area contributed by atoms with Crippen LogP contribution in [0.5, 0.6) is 0 Å². The first-order valence-electron chi connectivity index (χ1n) is 7.44. The maximum Gasteiger partial charge on any atom is 0.225 e. The van der Waals surface area contributed by atoms with Gasteiger partial charge in [-0.05, 0) is 18.9 Å². The van der Waals surface area contributed by atoms with Crippen molar-refractivity contribution in [2.75, 3.05) is 24.5 Å². The van der Waals surface area contributed by atoms with Crippen molar-refractivity contribution in [1.29, 1.82) is 0 Å². The molecule has 0 atom stereocenters. The van der Waals surface area contributed by atoms with Crippen molar-refractivity contribution >= 4 is 5.95 Å². The molecule has 0 bridgehead atoms. The van der Waals surface area contributed by atoms with Crippen molar-refractivity contribution in [2.24, 2.45) is 0 Å². The molecule has 6 nitrogen and oxygen atoms in total. The molecule has 1 saturated heterocycles. The van der Waals surface area contributed by atoms with Crippen LogP contribution in [0, 0.1) is 0 Å². The van der Waals surface area contributed by atoms with E-state index in [9.17, 15) is 0 Å². The molecule has 0 aromatic carbocycles. The SMILES string of the molecule is c1cnc(N2CCCC2)nc1.c1ncc2c(n1)CCNC2. The Hall–Kier alpha value is -2.08. The second kappa shape index (κ2) is 7.08. The van der Waals surface area contributed by atoms with Crippen molar-refractivity contribution in [3.63, 3.8) is 0 Å². The predicted octanol–water partition coefficient (Wildman–Crippen LogP) is 1.20. The van der Waals surface area contributed by atoms with Gasteiger partial charge in [-0.3, -0.25) is 0 Å². The highest BCUT2D eigenvalue weighted by atomic mass is 15.3. The Balaban J connectivity index is 0.000000126. The molecule has 0 radical (unpaired) electrons. The molecule has 110 valence electrons. The van der Waals surface area contributed by atoms with Crippen LogP contribution >= 0.6 is 0 Å². The second-order valence-electron chi connectivity index (χ2n) is 5.16. The first kappa shape index (κ1) is 13.9. The van der Waals surface area contributed by atoms with Gasteiger partial charge in [0.1, 0.15) is 6.33 Å². The van der Waals surface area contributed by atoms with E-state index < -0.39 is 0 Å². The molecule has 0 unspecified atom stereocenters. The summed E-state index contributed by atoms with van der Waals surface area (Å²) in [5.74, 6) is 0.880. The summed E-state index contributed by atoms with van der Waals surface area (Å²) in [4.78, 5) is 18.7. The molecule has 0 amide bonds. The lowest BCUT2D eigenvalue weighted by Gasteiger charge is -2.13. The molecular weight excluding hydrogens is 264 g/mol. The lowest BCUT2D eigenvalue weighted by Crippen LogP contribution is -2.24. The highest BCUT2D eigenvalue weighted by molar-refractivity contribution is 5.29. The van der Waals surface area contributed by atoms with Gasteiger partial charge >= 0.3 is 0 Å². The number of hydrogen-bond acceptors (Lipinski definition) is 6. The number of rotatable bonds is 1. The van der Waals surface area contributed by atoms with Gasteiger partial charge in [-0.15, -0.1) is 0 Å². The van der Waals surface area contributed by atoms with Crippen LogP contribution in [0.4, 0.5) is 5.95 Å². The summed E-state index contributed by atoms with van der Waals surface area (Å²) in [6, 6.07) is 1.85. The molecule has 0 aliphatic carbocycles. The summed E-state index contributed by atoms with van der Waals surface area (Å²) in [6.07, 6.45) is 10.7. The number of nitrogens with one attached hydrogen (secondary N) is 1. The van der Waals surface area contributed by atoms with Crippen LogP contribution in [-0.2, 0) is 13.0 Å². The molecule has 2 aliphatic rings. The summed E-state index contributed by atoms with van der Waals surface area (Å²) in [6.45, 7) is 4.20. The van der Waals surface area contributed by atoms with Gasteiger partial charge in [-0.25, -0.2) is 19.9 Å². The first-order valence-corrected chi connectivity index (χ1v) is 7.44. The van der Waals surface area contributed by atoms with Gasteiger partial charge in [-0.2, -0.15) is 0 Å². The zero-order chi connectivity index (χ0) is 14.3. The molecule has 2 aromatic heterocycles. The zero-order valence-corrected chi connectivity index (χ0v) is 12.1. The van der Waals surface area contributed by atoms with Gasteiger partial charge in [0.2, 0.25) is 5.95 Å². The Labute approximate surface area is 124 Å². The van der Waals surface area contributed by atoms with E-state index >= 15 is 0 Å². The number of fused-ring (bicyclic) bond motifs is 1. The van der Waals surface area contributed by atoms with Crippen molar-refractivity contribution in [3.8, 4) is 0 Å². The molecule has 4 heterocycles. The quantitative estimate of drug-likeness (QED) is 0.849. The second-order valence-corrected chi connectivity index (χ2v) is 5.16. The maximum atomic E-state index is 4.18. The monoisotopic (exact) mass is 284 g/mol. The third-order valence-electron chi connectivity index (χ3n) is 3.68. The predicted molar refractivity (Wildman–Crippen MR) is 80.9 cm³/mol. The summed E-state index contributed by atoms with van der Waals surface area (Å²) in [5.41, 5.74) is 2.45. The maximum absolute atomic E-state index is 4.18. The molecule has 1 fully saturated rings. The summed E-state index contributed by atoms with van der Waals surface area (Å²) in [7, 11) is 0. The third kappa shape index (κ3) is 3.72. The lowest BCUT2D eigenvalue weighted by atomic mass is 10.1. The standard InChI is InChI=1S/C8H11N3.C7H9N3/c1-2-7-11(6-1)8-9-4-3-5-10-8;1-2-8-3-6-4-9-5-10-7(1)6/h3-5H,1-2,6-7H2;4-5,8H,1-3H2. The van der Waals surface area contributed by atoms with E-state index in [4.69, 9.17) is 0 Å². The van der Waals surface area contributed by atoms with Crippen LogP contribution in [0.3, 0.4) is 0 Å². The minimum absolute atomic E-state index is 0.880. The Bertz CT molecular complexity index is 528. The van der Waals surface area contributed by atoms with Crippen molar-refractivity contribution in [1.82, 2.24) is 25.3 Å². The van der Waals surface area contributed by atoms with Crippen LogP contribution < -0.4 is 10.2 Å². The molecule has 2 aromatic rings. The summed E-state index contributed by atoms with van der Waals surface area (Å²) < 4.78 is 0. The van der Waals surface area contributed by atoms with E-state index in [1.165, 1.54) is 24.1 Å². The first-order chi connectivity index (χ1) is 10.4. The Morgan fingerprint density at radius 1 is 1.05 bits per heavy atom. The van der Waals surface area contributed by atoms with Gasteiger partial charge in [0.25, 0.3) is 0 Å². The van der Waals surface area contributed by atoms with Crippen LogP contribution in [0.1, 0.15) is 24.1 Å². The molecule has 1 N–H and O–H groups in total. The van der Waals surface area contributed by atoms with Crippen molar-refractivity contribution in [2.45, 2.75) is 25.8 Å². The highest BCUT2D eigenvalue weighted by Gasteiger charge is 2.13. The molecule has 21 heavy (non-hydrogen) atoms. The van der Waals surface area contributed by atoms with Gasteiger partial charge in [-0.1, -0.05) is 0 Å². The van der Waals surface area contributed by atoms with Gasteiger partial charge in [0.15, 0.2) is 0 Å². The fourth-order valence-electron chi connectivity index (χ4n) is 2.56. The number of anilines is 1. The average molecular weight is 284 g/mol. The Morgan fingerprint density at radius 3 is 2.62 bits per heavy atom. The van der Waals surface area contributed by atoms with Crippen LogP contribution in [0.2, 0.25) is 0 Å². The Kier molecular flexibility index (Phi) is 4.68. The van der Waals surface area contributed by atoms with E-state index in [2.05, 4.69) is 30.2 Å². The largest absolute Gasteiger partial charge is 0.341 e. The molecule has 2 aliphatic heterocycles. The zero-order valence-electron chi connectivity index (χ0n) is 12.1. The number of aromatic nitrogens is 4. The fourth-order valence-corrected chi connectivity index (χ4v) is 2.56. The number of nitrogens with zero attached hydrogens (tertiary/aromatic N) is 5. The smallest absolute Gasteiger partial charge is 0.225 e. The van der Waals surface area contributed by atoms with Gasteiger partial charge in [0, 0.05) is 62.4 Å². The van der Waals surface area contributed by atoms with E-state index in [1.807, 2.05) is 12.3 Å². The Morgan fingerprint density at radius 2 is 1.86 bits per heavy atom. The van der Waals surface area contributed by atoms with Crippen molar-refractivity contribution < 1.29 is 0 Å². The molecule has 0 spiro atoms. The molecule has 0 saturated carbocycles. The molecule has 4 rings (SSSR count). The minimum Gasteiger partial charge on any atom is -0.341 e. The minimum atomic E-state index is 0.880. The van der Waals surface area contributed by atoms with E-state index in [0.29, 0.717) is 0 Å². The number of hydrogen-bond donors (Lipinski definition) is 1. The van der Waals surface area contributed by atoms with Crippen LogP contribution in [-0.4, -0.2) is 39.6 Å². The average Bonchev–Trinajstić information content (AvgIpc) is 3.11. The van der Waals surface area contributed by atoms with Crippen molar-refractivity contribution in [3.05, 3.63) is 42.2 Å². The normalized spacial score (nSPS) is 16.9. The van der Waals surface area contributed by atoms with Gasteiger partial charge in [0.05, 0.1) is 0 Å².